The Bertz CT molecular complexity index is 600. The molecule has 0 atom stereocenters. The Hall–Kier alpha value is -1.34. The Morgan fingerprint density at radius 2 is 2.05 bits per heavy atom. The molecule has 3 rings (SSSR count). The molecule has 2 aliphatic carbocycles. The van der Waals surface area contributed by atoms with E-state index in [1.165, 1.54) is 27.8 Å². The zero-order valence-corrected chi connectivity index (χ0v) is 12.5. The molecule has 1 heteroatoms. The van der Waals surface area contributed by atoms with Crippen molar-refractivity contribution in [3.63, 3.8) is 0 Å². The van der Waals surface area contributed by atoms with Crippen molar-refractivity contribution in [2.45, 2.75) is 19.3 Å². The summed E-state index contributed by atoms with van der Waals surface area (Å²) in [6.07, 6.45) is 14.6. The van der Waals surface area contributed by atoms with E-state index >= 15 is 0 Å². The number of hydrogen-bond acceptors (Lipinski definition) is 0. The van der Waals surface area contributed by atoms with Crippen molar-refractivity contribution in [1.29, 1.82) is 0 Å². The zero-order valence-electron chi connectivity index (χ0n) is 10.9. The summed E-state index contributed by atoms with van der Waals surface area (Å²) in [5.41, 5.74) is 7.12. The third-order valence-electron chi connectivity index (χ3n) is 3.71. The van der Waals surface area contributed by atoms with Crippen molar-refractivity contribution in [3.8, 4) is 0 Å². The molecule has 0 bridgehead atoms. The van der Waals surface area contributed by atoms with E-state index in [2.05, 4.69) is 70.6 Å². The summed E-state index contributed by atoms with van der Waals surface area (Å²) in [7, 11) is 0. The van der Waals surface area contributed by atoms with E-state index in [-0.39, 0.29) is 0 Å². The molecule has 96 valence electrons. The van der Waals surface area contributed by atoms with E-state index in [9.17, 15) is 0 Å². The number of alkyl halides is 1. The Morgan fingerprint density at radius 3 is 2.95 bits per heavy atom. The molecule has 0 aliphatic heterocycles. The largest absolute Gasteiger partial charge is 0.0925 e. The topological polar surface area (TPSA) is 0 Å². The lowest BCUT2D eigenvalue weighted by atomic mass is 9.88. The molecule has 0 spiro atoms. The van der Waals surface area contributed by atoms with Crippen LogP contribution in [0.4, 0.5) is 0 Å². The van der Waals surface area contributed by atoms with Crippen LogP contribution in [0, 0.1) is 0 Å². The van der Waals surface area contributed by atoms with Crippen LogP contribution < -0.4 is 0 Å². The first-order chi connectivity index (χ1) is 9.40. The maximum Gasteiger partial charge on any atom is 0.00662 e. The van der Waals surface area contributed by atoms with Crippen molar-refractivity contribution in [3.05, 3.63) is 76.9 Å². The van der Waals surface area contributed by atoms with Crippen LogP contribution in [0.1, 0.15) is 24.0 Å². The molecular formula is C18H17Br. The molecule has 0 heterocycles. The number of hydrogen-bond donors (Lipinski definition) is 0. The molecule has 1 aromatic rings. The van der Waals surface area contributed by atoms with Crippen molar-refractivity contribution in [1.82, 2.24) is 0 Å². The van der Waals surface area contributed by atoms with E-state index in [0.717, 1.165) is 24.6 Å². The predicted molar refractivity (Wildman–Crippen MR) is 86.5 cm³/mol. The Balaban J connectivity index is 2.16. The minimum Gasteiger partial charge on any atom is -0.0925 e. The second-order valence-corrected chi connectivity index (χ2v) is 5.69. The Labute approximate surface area is 123 Å². The molecule has 0 radical (unpaired) electrons. The highest BCUT2D eigenvalue weighted by molar-refractivity contribution is 9.09. The number of rotatable bonds is 2. The fourth-order valence-electron chi connectivity index (χ4n) is 2.79. The standard InChI is InChI=1S/C18H17Br/c19-13-5-10-18-16-8-3-1-6-14(16)11-12-15-7-2-4-9-17(15)18/h1-4,6,8-10,12H,5,7,11,13H2. The van der Waals surface area contributed by atoms with E-state index in [1.807, 2.05) is 0 Å². The molecule has 0 nitrogen and oxygen atoms in total. The van der Waals surface area contributed by atoms with Crippen LogP contribution >= 0.6 is 15.9 Å². The molecule has 2 aliphatic rings. The van der Waals surface area contributed by atoms with Gasteiger partial charge in [0, 0.05) is 5.33 Å². The molecule has 19 heavy (non-hydrogen) atoms. The zero-order chi connectivity index (χ0) is 13.1. The first-order valence-corrected chi connectivity index (χ1v) is 7.93. The normalized spacial score (nSPS) is 19.3. The first kappa shape index (κ1) is 12.7. The minimum atomic E-state index is 1.01. The van der Waals surface area contributed by atoms with Gasteiger partial charge in [-0.25, -0.2) is 0 Å². The quantitative estimate of drug-likeness (QED) is 0.656. The number of halogens is 1. The lowest BCUT2D eigenvalue weighted by Crippen LogP contribution is -1.96. The first-order valence-electron chi connectivity index (χ1n) is 6.81. The number of benzene rings is 1. The van der Waals surface area contributed by atoms with Crippen molar-refractivity contribution in [2.75, 3.05) is 5.33 Å². The summed E-state index contributed by atoms with van der Waals surface area (Å²) in [5.74, 6) is 0. The van der Waals surface area contributed by atoms with Crippen LogP contribution in [0.2, 0.25) is 0 Å². The fraction of sp³-hybridized carbons (Fsp3) is 0.222. The summed E-state index contributed by atoms with van der Waals surface area (Å²) in [4.78, 5) is 0. The van der Waals surface area contributed by atoms with Crippen LogP contribution in [-0.2, 0) is 6.42 Å². The fourth-order valence-corrected chi connectivity index (χ4v) is 3.02. The molecule has 0 amide bonds. The van der Waals surface area contributed by atoms with Gasteiger partial charge in [-0.2, -0.15) is 0 Å². The number of fused-ring (bicyclic) bond motifs is 2. The maximum atomic E-state index is 3.53. The second kappa shape index (κ2) is 5.75. The highest BCUT2D eigenvalue weighted by Crippen LogP contribution is 2.37. The summed E-state index contributed by atoms with van der Waals surface area (Å²) in [6, 6.07) is 8.79. The lowest BCUT2D eigenvalue weighted by molar-refractivity contribution is 1.18. The summed E-state index contributed by atoms with van der Waals surface area (Å²) in [6.45, 7) is 0. The second-order valence-electron chi connectivity index (χ2n) is 4.90. The predicted octanol–water partition coefficient (Wildman–Crippen LogP) is 5.22. The highest BCUT2D eigenvalue weighted by Gasteiger charge is 2.18. The summed E-state index contributed by atoms with van der Waals surface area (Å²) in [5, 5.41) is 1.01. The Morgan fingerprint density at radius 1 is 1.16 bits per heavy atom. The molecule has 1 aromatic carbocycles. The van der Waals surface area contributed by atoms with Gasteiger partial charge in [0.15, 0.2) is 0 Å². The van der Waals surface area contributed by atoms with E-state index in [1.54, 1.807) is 0 Å². The van der Waals surface area contributed by atoms with Gasteiger partial charge in [0.25, 0.3) is 0 Å². The third kappa shape index (κ3) is 2.52. The van der Waals surface area contributed by atoms with Gasteiger partial charge in [-0.15, -0.1) is 0 Å². The van der Waals surface area contributed by atoms with Crippen LogP contribution in [0.25, 0.3) is 5.57 Å². The molecule has 0 saturated carbocycles. The Kier molecular flexibility index (Phi) is 3.84. The summed E-state index contributed by atoms with van der Waals surface area (Å²) < 4.78 is 0. The average Bonchev–Trinajstić information content (AvgIpc) is 2.62. The van der Waals surface area contributed by atoms with E-state index in [0.29, 0.717) is 0 Å². The molecule has 0 unspecified atom stereocenters. The van der Waals surface area contributed by atoms with Crippen LogP contribution in [0.5, 0.6) is 0 Å². The van der Waals surface area contributed by atoms with Crippen LogP contribution in [0.3, 0.4) is 0 Å². The molecule has 0 fully saturated rings. The SMILES string of the molecule is BrCCC=C1C2=CC=CCC2=CCc2ccccc21. The van der Waals surface area contributed by atoms with Crippen molar-refractivity contribution in [2.24, 2.45) is 0 Å². The third-order valence-corrected chi connectivity index (χ3v) is 4.16. The van der Waals surface area contributed by atoms with Gasteiger partial charge in [-0.3, -0.25) is 0 Å². The minimum absolute atomic E-state index is 1.01. The maximum absolute atomic E-state index is 3.53. The summed E-state index contributed by atoms with van der Waals surface area (Å²) >= 11 is 3.53. The highest BCUT2D eigenvalue weighted by atomic mass is 79.9. The number of allylic oxidation sites excluding steroid dienone is 8. The van der Waals surface area contributed by atoms with E-state index < -0.39 is 0 Å². The smallest absolute Gasteiger partial charge is 0.00662 e. The molecule has 0 aromatic heterocycles. The van der Waals surface area contributed by atoms with Crippen LogP contribution in [0.15, 0.2) is 65.8 Å². The molecular weight excluding hydrogens is 296 g/mol. The van der Waals surface area contributed by atoms with Gasteiger partial charge in [0.1, 0.15) is 0 Å². The molecule has 0 saturated heterocycles. The van der Waals surface area contributed by atoms with Crippen molar-refractivity contribution < 1.29 is 0 Å². The van der Waals surface area contributed by atoms with Gasteiger partial charge < -0.3 is 0 Å². The van der Waals surface area contributed by atoms with Gasteiger partial charge in [-0.05, 0) is 47.1 Å². The van der Waals surface area contributed by atoms with Crippen molar-refractivity contribution >= 4 is 21.5 Å². The average molecular weight is 313 g/mol. The van der Waals surface area contributed by atoms with Gasteiger partial charge in [0.2, 0.25) is 0 Å². The van der Waals surface area contributed by atoms with E-state index in [4.69, 9.17) is 0 Å². The molecule has 0 N–H and O–H groups in total. The van der Waals surface area contributed by atoms with Gasteiger partial charge in [-0.1, -0.05) is 70.6 Å². The van der Waals surface area contributed by atoms with Crippen LogP contribution in [-0.4, -0.2) is 5.33 Å². The van der Waals surface area contributed by atoms with Gasteiger partial charge in [0.05, 0.1) is 0 Å². The lowest BCUT2D eigenvalue weighted by Gasteiger charge is -2.16. The van der Waals surface area contributed by atoms with Gasteiger partial charge >= 0.3 is 0 Å². The monoisotopic (exact) mass is 312 g/mol.